The lowest BCUT2D eigenvalue weighted by Crippen LogP contribution is -2.06. The molecule has 3 N–H and O–H groups in total. The number of aromatic nitrogens is 4. The Balaban J connectivity index is 2.02. The highest BCUT2D eigenvalue weighted by Gasteiger charge is 2.00. The Hall–Kier alpha value is -2.11. The average Bonchev–Trinajstić information content (AvgIpc) is 2.61. The molecule has 0 saturated heterocycles. The molecule has 15 heavy (non-hydrogen) atoms. The lowest BCUT2D eigenvalue weighted by molar-refractivity contribution is 0.812. The lowest BCUT2D eigenvalue weighted by Gasteiger charge is -2.05. The molecule has 2 heterocycles. The van der Waals surface area contributed by atoms with Crippen LogP contribution in [-0.4, -0.2) is 19.7 Å². The third kappa shape index (κ3) is 2.22. The van der Waals surface area contributed by atoms with Crippen molar-refractivity contribution in [1.82, 2.24) is 19.7 Å². The van der Waals surface area contributed by atoms with Crippen LogP contribution in [0.5, 0.6) is 0 Å². The molecule has 0 aliphatic heterocycles. The minimum absolute atomic E-state index is 0.498. The Labute approximate surface area is 87.2 Å². The number of nitrogens with zero attached hydrogens (tertiary/aromatic N) is 4. The highest BCUT2D eigenvalue weighted by atomic mass is 15.3. The highest BCUT2D eigenvalue weighted by Crippen LogP contribution is 2.09. The minimum Gasteiger partial charge on any atom is -0.384 e. The number of nitrogens with two attached hydrogens (primary N) is 1. The van der Waals surface area contributed by atoms with Crippen molar-refractivity contribution < 1.29 is 0 Å². The zero-order valence-electron chi connectivity index (χ0n) is 8.38. The SMILES string of the molecule is Cn1cnnc1CNc1ccnc(N)c1. The van der Waals surface area contributed by atoms with Crippen LogP contribution in [0.4, 0.5) is 11.5 Å². The van der Waals surface area contributed by atoms with Crippen LogP contribution in [0.25, 0.3) is 0 Å². The van der Waals surface area contributed by atoms with Gasteiger partial charge in [0.25, 0.3) is 0 Å². The van der Waals surface area contributed by atoms with Crippen molar-refractivity contribution in [3.05, 3.63) is 30.5 Å². The summed E-state index contributed by atoms with van der Waals surface area (Å²) in [6, 6.07) is 3.63. The zero-order chi connectivity index (χ0) is 10.7. The molecule has 0 fully saturated rings. The number of pyridine rings is 1. The van der Waals surface area contributed by atoms with E-state index in [0.29, 0.717) is 12.4 Å². The second-order valence-corrected chi connectivity index (χ2v) is 3.18. The van der Waals surface area contributed by atoms with Gasteiger partial charge < -0.3 is 15.6 Å². The first kappa shape index (κ1) is 9.45. The van der Waals surface area contributed by atoms with Crippen LogP contribution in [0.3, 0.4) is 0 Å². The lowest BCUT2D eigenvalue weighted by atomic mass is 10.4. The van der Waals surface area contributed by atoms with Crippen LogP contribution in [0.2, 0.25) is 0 Å². The first-order chi connectivity index (χ1) is 7.25. The molecule has 78 valence electrons. The van der Waals surface area contributed by atoms with E-state index in [2.05, 4.69) is 20.5 Å². The second kappa shape index (κ2) is 3.95. The van der Waals surface area contributed by atoms with E-state index in [1.54, 1.807) is 18.6 Å². The summed E-state index contributed by atoms with van der Waals surface area (Å²) in [5.41, 5.74) is 6.47. The molecule has 0 aliphatic carbocycles. The van der Waals surface area contributed by atoms with E-state index in [4.69, 9.17) is 5.73 Å². The number of anilines is 2. The van der Waals surface area contributed by atoms with Crippen LogP contribution in [-0.2, 0) is 13.6 Å². The van der Waals surface area contributed by atoms with E-state index in [-0.39, 0.29) is 0 Å². The summed E-state index contributed by atoms with van der Waals surface area (Å²) in [6.07, 6.45) is 3.33. The van der Waals surface area contributed by atoms with Crippen molar-refractivity contribution in [2.24, 2.45) is 7.05 Å². The van der Waals surface area contributed by atoms with Gasteiger partial charge in [-0.3, -0.25) is 0 Å². The largest absolute Gasteiger partial charge is 0.384 e. The fourth-order valence-electron chi connectivity index (χ4n) is 1.21. The molecule has 0 amide bonds. The fourth-order valence-corrected chi connectivity index (χ4v) is 1.21. The third-order valence-electron chi connectivity index (χ3n) is 2.04. The smallest absolute Gasteiger partial charge is 0.151 e. The Morgan fingerprint density at radius 2 is 2.40 bits per heavy atom. The third-order valence-corrected chi connectivity index (χ3v) is 2.04. The molecule has 0 spiro atoms. The molecule has 0 bridgehead atoms. The van der Waals surface area contributed by atoms with Crippen molar-refractivity contribution in [3.63, 3.8) is 0 Å². The first-order valence-electron chi connectivity index (χ1n) is 4.54. The molecule has 0 radical (unpaired) electrons. The van der Waals surface area contributed by atoms with Gasteiger partial charge in [0.05, 0.1) is 6.54 Å². The number of rotatable bonds is 3. The number of hydrogen-bond donors (Lipinski definition) is 2. The summed E-state index contributed by atoms with van der Waals surface area (Å²) >= 11 is 0. The Morgan fingerprint density at radius 3 is 3.07 bits per heavy atom. The van der Waals surface area contributed by atoms with Crippen molar-refractivity contribution in [3.8, 4) is 0 Å². The molecule has 2 rings (SSSR count). The molecule has 6 heteroatoms. The maximum absolute atomic E-state index is 5.55. The van der Waals surface area contributed by atoms with Crippen molar-refractivity contribution in [2.75, 3.05) is 11.1 Å². The Morgan fingerprint density at radius 1 is 1.53 bits per heavy atom. The molecule has 6 nitrogen and oxygen atoms in total. The van der Waals surface area contributed by atoms with Crippen LogP contribution in [0.1, 0.15) is 5.82 Å². The predicted molar refractivity (Wildman–Crippen MR) is 57.0 cm³/mol. The highest BCUT2D eigenvalue weighted by molar-refractivity contribution is 5.49. The van der Waals surface area contributed by atoms with Crippen LogP contribution in [0.15, 0.2) is 24.7 Å². The number of nitrogen functional groups attached to an aromatic ring is 1. The quantitative estimate of drug-likeness (QED) is 0.756. The topological polar surface area (TPSA) is 81.7 Å². The fraction of sp³-hybridized carbons (Fsp3) is 0.222. The molecule has 0 atom stereocenters. The van der Waals surface area contributed by atoms with Crippen molar-refractivity contribution in [2.45, 2.75) is 6.54 Å². The molecular weight excluding hydrogens is 192 g/mol. The number of hydrogen-bond acceptors (Lipinski definition) is 5. The van der Waals surface area contributed by atoms with E-state index in [1.165, 1.54) is 0 Å². The standard InChI is InChI=1S/C9H12N6/c1-15-6-13-14-9(15)5-12-7-2-3-11-8(10)4-7/h2-4,6H,5H2,1H3,(H3,10,11,12). The van der Waals surface area contributed by atoms with Gasteiger partial charge in [0, 0.05) is 25.0 Å². The van der Waals surface area contributed by atoms with Crippen molar-refractivity contribution >= 4 is 11.5 Å². The summed E-state index contributed by atoms with van der Waals surface area (Å²) in [4.78, 5) is 3.91. The number of aryl methyl sites for hydroxylation is 1. The summed E-state index contributed by atoms with van der Waals surface area (Å²) in [7, 11) is 1.90. The molecule has 0 aliphatic rings. The molecular formula is C9H12N6. The molecule has 0 saturated carbocycles. The normalized spacial score (nSPS) is 10.2. The summed E-state index contributed by atoms with van der Waals surface area (Å²) in [6.45, 7) is 0.611. The second-order valence-electron chi connectivity index (χ2n) is 3.18. The first-order valence-corrected chi connectivity index (χ1v) is 4.54. The van der Waals surface area contributed by atoms with Gasteiger partial charge in [0.1, 0.15) is 12.1 Å². The molecule has 2 aromatic heterocycles. The summed E-state index contributed by atoms with van der Waals surface area (Å²) < 4.78 is 1.86. The van der Waals surface area contributed by atoms with E-state index in [0.717, 1.165) is 11.5 Å². The van der Waals surface area contributed by atoms with Gasteiger partial charge in [-0.15, -0.1) is 10.2 Å². The average molecular weight is 204 g/mol. The maximum atomic E-state index is 5.55. The van der Waals surface area contributed by atoms with Gasteiger partial charge in [0.15, 0.2) is 5.82 Å². The van der Waals surface area contributed by atoms with E-state index in [1.807, 2.05) is 17.7 Å². The van der Waals surface area contributed by atoms with Gasteiger partial charge >= 0.3 is 0 Å². The summed E-state index contributed by atoms with van der Waals surface area (Å²) in [5.74, 6) is 1.36. The van der Waals surface area contributed by atoms with E-state index >= 15 is 0 Å². The minimum atomic E-state index is 0.498. The zero-order valence-corrected chi connectivity index (χ0v) is 8.38. The van der Waals surface area contributed by atoms with Crippen LogP contribution in [0, 0.1) is 0 Å². The predicted octanol–water partition coefficient (Wildman–Crippen LogP) is 0.404. The molecule has 0 aromatic carbocycles. The van der Waals surface area contributed by atoms with Gasteiger partial charge in [-0.05, 0) is 6.07 Å². The molecule has 0 unspecified atom stereocenters. The number of nitrogens with one attached hydrogen (secondary N) is 1. The monoisotopic (exact) mass is 204 g/mol. The van der Waals surface area contributed by atoms with Crippen LogP contribution >= 0.6 is 0 Å². The summed E-state index contributed by atoms with van der Waals surface area (Å²) in [5, 5.41) is 10.9. The van der Waals surface area contributed by atoms with Gasteiger partial charge in [-0.2, -0.15) is 0 Å². The van der Waals surface area contributed by atoms with Crippen molar-refractivity contribution in [1.29, 1.82) is 0 Å². The Bertz CT molecular complexity index is 449. The molecule has 2 aromatic rings. The van der Waals surface area contributed by atoms with E-state index < -0.39 is 0 Å². The van der Waals surface area contributed by atoms with Gasteiger partial charge in [-0.1, -0.05) is 0 Å². The van der Waals surface area contributed by atoms with Gasteiger partial charge in [0.2, 0.25) is 0 Å². The van der Waals surface area contributed by atoms with Gasteiger partial charge in [-0.25, -0.2) is 4.98 Å². The maximum Gasteiger partial charge on any atom is 0.151 e. The van der Waals surface area contributed by atoms with E-state index in [9.17, 15) is 0 Å². The Kier molecular flexibility index (Phi) is 2.49. The van der Waals surface area contributed by atoms with Crippen LogP contribution < -0.4 is 11.1 Å².